The molecule has 21 heavy (non-hydrogen) atoms. The summed E-state index contributed by atoms with van der Waals surface area (Å²) in [5.74, 6) is 1.30. The highest BCUT2D eigenvalue weighted by Gasteiger charge is 2.13. The Morgan fingerprint density at radius 2 is 1.90 bits per heavy atom. The minimum atomic E-state index is 0.0274. The molecule has 0 N–H and O–H groups in total. The number of Topliss-reactive ketones (excluding diaryl/α,β-unsaturated/α-hetero) is 1. The van der Waals surface area contributed by atoms with Gasteiger partial charge in [0, 0.05) is 23.5 Å². The number of carbonyl (C=O) groups excluding carboxylic acids is 1. The van der Waals surface area contributed by atoms with E-state index in [4.69, 9.17) is 4.74 Å². The number of pyridine rings is 1. The van der Waals surface area contributed by atoms with Crippen molar-refractivity contribution in [1.82, 2.24) is 4.98 Å². The summed E-state index contributed by atoms with van der Waals surface area (Å²) in [4.78, 5) is 15.7. The van der Waals surface area contributed by atoms with Gasteiger partial charge in [-0.05, 0) is 54.7 Å². The average Bonchev–Trinajstić information content (AvgIpc) is 2.46. The van der Waals surface area contributed by atoms with Crippen molar-refractivity contribution in [3.8, 4) is 16.9 Å². The zero-order chi connectivity index (χ0) is 15.6. The molecule has 2 aromatic rings. The van der Waals surface area contributed by atoms with Crippen molar-refractivity contribution in [3.63, 3.8) is 0 Å². The number of ketones is 1. The van der Waals surface area contributed by atoms with Gasteiger partial charge in [0.05, 0.1) is 7.11 Å². The molecular formula is C18H21NO2. The van der Waals surface area contributed by atoms with Crippen LogP contribution in [0.5, 0.6) is 5.75 Å². The van der Waals surface area contributed by atoms with E-state index in [-0.39, 0.29) is 5.78 Å². The molecular weight excluding hydrogens is 262 g/mol. The Bertz CT molecular complexity index is 675. The van der Waals surface area contributed by atoms with E-state index in [2.05, 4.69) is 24.9 Å². The maximum atomic E-state index is 11.5. The third kappa shape index (κ3) is 3.13. The molecule has 0 amide bonds. The Morgan fingerprint density at radius 3 is 2.48 bits per heavy atom. The fourth-order valence-electron chi connectivity index (χ4n) is 2.42. The highest BCUT2D eigenvalue weighted by Crippen LogP contribution is 2.34. The van der Waals surface area contributed by atoms with Crippen LogP contribution in [0.15, 0.2) is 30.6 Å². The van der Waals surface area contributed by atoms with Gasteiger partial charge in [-0.15, -0.1) is 0 Å². The molecule has 0 fully saturated rings. The quantitative estimate of drug-likeness (QED) is 0.781. The van der Waals surface area contributed by atoms with Gasteiger partial charge in [0.25, 0.3) is 0 Å². The molecule has 1 heterocycles. The predicted octanol–water partition coefficient (Wildman–Crippen LogP) is 4.39. The van der Waals surface area contributed by atoms with Crippen molar-refractivity contribution in [3.05, 3.63) is 47.3 Å². The monoisotopic (exact) mass is 283 g/mol. The van der Waals surface area contributed by atoms with Gasteiger partial charge in [0.2, 0.25) is 0 Å². The minimum Gasteiger partial charge on any atom is -0.496 e. The van der Waals surface area contributed by atoms with E-state index in [0.717, 1.165) is 28.0 Å². The van der Waals surface area contributed by atoms with Crippen LogP contribution >= 0.6 is 0 Å². The van der Waals surface area contributed by atoms with Crippen LogP contribution in [0.2, 0.25) is 0 Å². The van der Waals surface area contributed by atoms with E-state index >= 15 is 0 Å². The lowest BCUT2D eigenvalue weighted by molar-refractivity contribution is 0.101. The highest BCUT2D eigenvalue weighted by atomic mass is 16.5. The molecule has 0 saturated heterocycles. The summed E-state index contributed by atoms with van der Waals surface area (Å²) >= 11 is 0. The number of benzene rings is 1. The lowest BCUT2D eigenvalue weighted by atomic mass is 9.93. The van der Waals surface area contributed by atoms with Gasteiger partial charge in [-0.1, -0.05) is 13.8 Å². The van der Waals surface area contributed by atoms with E-state index in [1.165, 1.54) is 0 Å². The van der Waals surface area contributed by atoms with Gasteiger partial charge in [0.1, 0.15) is 5.75 Å². The number of ether oxygens (including phenoxy) is 1. The van der Waals surface area contributed by atoms with E-state index in [1.807, 2.05) is 19.1 Å². The minimum absolute atomic E-state index is 0.0274. The largest absolute Gasteiger partial charge is 0.496 e. The molecule has 0 saturated carbocycles. The summed E-state index contributed by atoms with van der Waals surface area (Å²) in [6, 6.07) is 6.08. The number of aromatic nitrogens is 1. The molecule has 3 heteroatoms. The summed E-state index contributed by atoms with van der Waals surface area (Å²) < 4.78 is 5.47. The van der Waals surface area contributed by atoms with Crippen LogP contribution in [0, 0.1) is 6.92 Å². The normalized spacial score (nSPS) is 10.8. The Hall–Kier alpha value is -2.16. The second-order valence-corrected chi connectivity index (χ2v) is 5.58. The van der Waals surface area contributed by atoms with Crippen molar-refractivity contribution < 1.29 is 9.53 Å². The highest BCUT2D eigenvalue weighted by molar-refractivity contribution is 5.95. The van der Waals surface area contributed by atoms with E-state index in [0.29, 0.717) is 11.5 Å². The SMILES string of the molecule is COc1cc(C)c(-c2cncc(C(C)=O)c2)cc1C(C)C. The molecule has 0 aliphatic carbocycles. The van der Waals surface area contributed by atoms with Crippen molar-refractivity contribution in [1.29, 1.82) is 0 Å². The predicted molar refractivity (Wildman–Crippen MR) is 85.1 cm³/mol. The average molecular weight is 283 g/mol. The summed E-state index contributed by atoms with van der Waals surface area (Å²) in [6.45, 7) is 7.88. The smallest absolute Gasteiger partial charge is 0.161 e. The van der Waals surface area contributed by atoms with Crippen LogP contribution in [-0.2, 0) is 0 Å². The fraction of sp³-hybridized carbons (Fsp3) is 0.333. The summed E-state index contributed by atoms with van der Waals surface area (Å²) in [5, 5.41) is 0. The molecule has 0 aliphatic rings. The van der Waals surface area contributed by atoms with Crippen molar-refractivity contribution in [2.24, 2.45) is 0 Å². The molecule has 1 aromatic carbocycles. The number of hydrogen-bond acceptors (Lipinski definition) is 3. The third-order valence-corrected chi connectivity index (χ3v) is 3.65. The lowest BCUT2D eigenvalue weighted by Gasteiger charge is -2.16. The zero-order valence-electron chi connectivity index (χ0n) is 13.2. The van der Waals surface area contributed by atoms with E-state index < -0.39 is 0 Å². The molecule has 110 valence electrons. The number of rotatable bonds is 4. The van der Waals surface area contributed by atoms with Gasteiger partial charge in [-0.25, -0.2) is 0 Å². The van der Waals surface area contributed by atoms with Crippen molar-refractivity contribution >= 4 is 5.78 Å². The van der Waals surface area contributed by atoms with Crippen LogP contribution in [-0.4, -0.2) is 17.9 Å². The molecule has 0 aliphatic heterocycles. The second-order valence-electron chi connectivity index (χ2n) is 5.58. The van der Waals surface area contributed by atoms with Crippen LogP contribution < -0.4 is 4.74 Å². The Labute approximate surface area is 126 Å². The van der Waals surface area contributed by atoms with Gasteiger partial charge in [-0.2, -0.15) is 0 Å². The van der Waals surface area contributed by atoms with E-state index in [1.54, 1.807) is 26.4 Å². The molecule has 3 nitrogen and oxygen atoms in total. The standard InChI is InChI=1S/C18H21NO2/c1-11(2)16-8-17(12(3)6-18(16)21-5)15-7-14(13(4)20)9-19-10-15/h6-11H,1-5H3. The number of aryl methyl sites for hydroxylation is 1. The Kier molecular flexibility index (Phi) is 4.41. The zero-order valence-corrected chi connectivity index (χ0v) is 13.2. The summed E-state index contributed by atoms with van der Waals surface area (Å²) in [7, 11) is 1.69. The lowest BCUT2D eigenvalue weighted by Crippen LogP contribution is -1.98. The van der Waals surface area contributed by atoms with Gasteiger partial charge in [0.15, 0.2) is 5.78 Å². The van der Waals surface area contributed by atoms with Crippen molar-refractivity contribution in [2.75, 3.05) is 7.11 Å². The summed E-state index contributed by atoms with van der Waals surface area (Å²) in [6.07, 6.45) is 3.40. The molecule has 0 unspecified atom stereocenters. The molecule has 0 spiro atoms. The third-order valence-electron chi connectivity index (χ3n) is 3.65. The maximum absolute atomic E-state index is 11.5. The van der Waals surface area contributed by atoms with Crippen LogP contribution in [0.4, 0.5) is 0 Å². The fourth-order valence-corrected chi connectivity index (χ4v) is 2.42. The first-order valence-electron chi connectivity index (χ1n) is 7.09. The summed E-state index contributed by atoms with van der Waals surface area (Å²) in [5.41, 5.74) is 4.96. The molecule has 0 bridgehead atoms. The number of nitrogens with zero attached hydrogens (tertiary/aromatic N) is 1. The molecule has 0 radical (unpaired) electrons. The molecule has 0 atom stereocenters. The van der Waals surface area contributed by atoms with Gasteiger partial charge < -0.3 is 4.74 Å². The van der Waals surface area contributed by atoms with Crippen molar-refractivity contribution in [2.45, 2.75) is 33.6 Å². The number of methoxy groups -OCH3 is 1. The van der Waals surface area contributed by atoms with E-state index in [9.17, 15) is 4.79 Å². The topological polar surface area (TPSA) is 39.2 Å². The van der Waals surface area contributed by atoms with Crippen LogP contribution in [0.3, 0.4) is 0 Å². The first-order valence-corrected chi connectivity index (χ1v) is 7.09. The maximum Gasteiger partial charge on any atom is 0.161 e. The first kappa shape index (κ1) is 15.2. The Morgan fingerprint density at radius 1 is 1.19 bits per heavy atom. The van der Waals surface area contributed by atoms with Gasteiger partial charge in [-0.3, -0.25) is 9.78 Å². The molecule has 1 aromatic heterocycles. The first-order chi connectivity index (χ1) is 9.93. The Balaban J connectivity index is 2.61. The van der Waals surface area contributed by atoms with Gasteiger partial charge >= 0.3 is 0 Å². The number of hydrogen-bond donors (Lipinski definition) is 0. The van der Waals surface area contributed by atoms with Crippen LogP contribution in [0.1, 0.15) is 48.2 Å². The number of carbonyl (C=O) groups is 1. The van der Waals surface area contributed by atoms with Crippen LogP contribution in [0.25, 0.3) is 11.1 Å². The second kappa shape index (κ2) is 6.08. The molecule has 2 rings (SSSR count).